The van der Waals surface area contributed by atoms with Crippen LogP contribution in [0.4, 0.5) is 0 Å². The van der Waals surface area contributed by atoms with E-state index in [2.05, 4.69) is 26.0 Å². The zero-order chi connectivity index (χ0) is 45.5. The first-order valence-corrected chi connectivity index (χ1v) is 26.2. The Labute approximate surface area is 376 Å². The molecule has 6 atom stereocenters. The lowest BCUT2D eigenvalue weighted by Crippen LogP contribution is -2.60. The molecule has 362 valence electrons. The summed E-state index contributed by atoms with van der Waals surface area (Å²) >= 11 is 0. The van der Waals surface area contributed by atoms with Crippen LogP contribution in [0.15, 0.2) is 36.5 Å². The molecule has 4 N–H and O–H groups in total. The highest BCUT2D eigenvalue weighted by atomic mass is 32.2. The van der Waals surface area contributed by atoms with Gasteiger partial charge in [-0.1, -0.05) is 185 Å². The molecule has 1 heterocycles. The molecule has 0 amide bonds. The predicted octanol–water partition coefficient (Wildman–Crippen LogP) is 10.6. The van der Waals surface area contributed by atoms with Gasteiger partial charge >= 0.3 is 11.9 Å². The summed E-state index contributed by atoms with van der Waals surface area (Å²) in [5.74, 6) is -2.24. The first-order valence-electron chi connectivity index (χ1n) is 24.6. The Hall–Kier alpha value is -2.13. The van der Waals surface area contributed by atoms with Crippen LogP contribution in [0.5, 0.6) is 0 Å². The lowest BCUT2D eigenvalue weighted by molar-refractivity contribution is -0.297. The van der Waals surface area contributed by atoms with Gasteiger partial charge in [-0.15, -0.1) is 0 Å². The van der Waals surface area contributed by atoms with Crippen LogP contribution in [0.1, 0.15) is 206 Å². The Morgan fingerprint density at radius 3 is 1.52 bits per heavy atom. The highest BCUT2D eigenvalue weighted by molar-refractivity contribution is 7.85. The highest BCUT2D eigenvalue weighted by Gasteiger charge is 2.46. The molecule has 0 aromatic carbocycles. The van der Waals surface area contributed by atoms with E-state index in [1.54, 1.807) is 12.2 Å². The van der Waals surface area contributed by atoms with Gasteiger partial charge in [0.25, 0.3) is 10.1 Å². The summed E-state index contributed by atoms with van der Waals surface area (Å²) in [6.07, 6.45) is 36.8. The SMILES string of the molecule is CCCCCCCC/C=C/CCCCCCCCCCCC(=O)OC[C@H](CO[C@H]1O[C@H](CS(=O)(=O)O)[C@@H](O)C(O)C1O)OC(=O)/C=C/C=C/CCCCCCCCCCCCC. The van der Waals surface area contributed by atoms with Crippen LogP contribution in [0.3, 0.4) is 0 Å². The summed E-state index contributed by atoms with van der Waals surface area (Å²) in [7, 11) is -4.61. The minimum Gasteiger partial charge on any atom is -0.462 e. The number of carbonyl (C=O) groups is 2. The van der Waals surface area contributed by atoms with Gasteiger partial charge in [-0.3, -0.25) is 9.35 Å². The van der Waals surface area contributed by atoms with Crippen molar-refractivity contribution in [2.45, 2.75) is 243 Å². The monoisotopic (exact) mass is 901 g/mol. The van der Waals surface area contributed by atoms with Crippen molar-refractivity contribution in [2.75, 3.05) is 19.0 Å². The quantitative estimate of drug-likeness (QED) is 0.0114. The molecule has 2 unspecified atom stereocenters. The molecule has 0 aromatic heterocycles. The van der Waals surface area contributed by atoms with E-state index in [9.17, 15) is 37.9 Å². The Bertz CT molecular complexity index is 1290. The first-order chi connectivity index (χ1) is 30.0. The van der Waals surface area contributed by atoms with E-state index in [0.717, 1.165) is 38.5 Å². The van der Waals surface area contributed by atoms with Gasteiger partial charge in [-0.25, -0.2) is 4.79 Å². The van der Waals surface area contributed by atoms with E-state index in [1.165, 1.54) is 147 Å². The fourth-order valence-corrected chi connectivity index (χ4v) is 8.15. The maximum Gasteiger partial charge on any atom is 0.331 e. The van der Waals surface area contributed by atoms with Crippen LogP contribution < -0.4 is 0 Å². The van der Waals surface area contributed by atoms with Crippen molar-refractivity contribution in [3.8, 4) is 0 Å². The van der Waals surface area contributed by atoms with E-state index in [-0.39, 0.29) is 13.0 Å². The lowest BCUT2D eigenvalue weighted by Gasteiger charge is -2.40. The first kappa shape index (κ1) is 57.9. The summed E-state index contributed by atoms with van der Waals surface area (Å²) in [6, 6.07) is 0. The van der Waals surface area contributed by atoms with Gasteiger partial charge in [0.2, 0.25) is 0 Å². The van der Waals surface area contributed by atoms with Crippen molar-refractivity contribution in [3.05, 3.63) is 36.5 Å². The zero-order valence-corrected chi connectivity index (χ0v) is 39.5. The minimum absolute atomic E-state index is 0.198. The fourth-order valence-electron chi connectivity index (χ4n) is 7.46. The molecule has 13 heteroatoms. The molecule has 0 aromatic rings. The van der Waals surface area contributed by atoms with E-state index in [1.807, 2.05) is 6.08 Å². The number of rotatable bonds is 41. The van der Waals surface area contributed by atoms with Gasteiger partial charge < -0.3 is 34.3 Å². The van der Waals surface area contributed by atoms with Crippen molar-refractivity contribution >= 4 is 22.1 Å². The standard InChI is InChI=1S/C49H88O12S/c1-3-5-7-9-11-13-15-17-19-20-21-22-24-25-27-29-31-33-35-37-44(50)58-39-42(40-59-49-48(54)47(53)46(52)43(61-49)41-62(55,56)57)60-45(51)38-36-34-32-30-28-26-23-18-16-14-12-10-8-6-4-2/h17,19,32,34,36,38,42-43,46-49,52-54H,3-16,18,20-31,33,35,37,39-41H2,1-2H3,(H,55,56,57)/b19-17+,34-32+,38-36+/t42-,43-,46-,47?,48?,49+/m1/s1. The maximum absolute atomic E-state index is 12.7. The number of hydrogen-bond acceptors (Lipinski definition) is 11. The maximum atomic E-state index is 12.7. The largest absolute Gasteiger partial charge is 0.462 e. The van der Waals surface area contributed by atoms with Crippen LogP contribution in [0.2, 0.25) is 0 Å². The van der Waals surface area contributed by atoms with E-state index in [4.69, 9.17) is 18.9 Å². The molecule has 0 radical (unpaired) electrons. The van der Waals surface area contributed by atoms with E-state index < -0.39 is 71.2 Å². The topological polar surface area (TPSA) is 186 Å². The summed E-state index contributed by atoms with van der Waals surface area (Å²) in [6.45, 7) is 3.67. The van der Waals surface area contributed by atoms with Crippen molar-refractivity contribution < 1.29 is 56.8 Å². The van der Waals surface area contributed by atoms with Gasteiger partial charge in [0.1, 0.15) is 36.8 Å². The number of ether oxygens (including phenoxy) is 4. The van der Waals surface area contributed by atoms with Crippen LogP contribution in [-0.4, -0.2) is 96.0 Å². The molecule has 0 aliphatic carbocycles. The second-order valence-corrected chi connectivity index (χ2v) is 18.7. The normalized spacial score (nSPS) is 20.1. The molecular weight excluding hydrogens is 813 g/mol. The number of hydrogen-bond donors (Lipinski definition) is 4. The number of aliphatic hydroxyl groups excluding tert-OH is 3. The third-order valence-corrected chi connectivity index (χ3v) is 12.0. The molecule has 12 nitrogen and oxygen atoms in total. The van der Waals surface area contributed by atoms with Crippen molar-refractivity contribution in [1.29, 1.82) is 0 Å². The number of unbranched alkanes of at least 4 members (excludes halogenated alkanes) is 26. The van der Waals surface area contributed by atoms with Gasteiger partial charge in [0, 0.05) is 12.5 Å². The lowest BCUT2D eigenvalue weighted by atomic mass is 10.00. The molecule has 0 spiro atoms. The fraction of sp³-hybridized carbons (Fsp3) is 0.837. The van der Waals surface area contributed by atoms with Crippen molar-refractivity contribution in [3.63, 3.8) is 0 Å². The molecule has 1 rings (SSSR count). The second-order valence-electron chi connectivity index (χ2n) is 17.2. The van der Waals surface area contributed by atoms with Crippen LogP contribution in [0.25, 0.3) is 0 Å². The predicted molar refractivity (Wildman–Crippen MR) is 247 cm³/mol. The summed E-state index contributed by atoms with van der Waals surface area (Å²) in [4.78, 5) is 25.3. The average Bonchev–Trinajstić information content (AvgIpc) is 3.24. The second kappa shape index (κ2) is 39.3. The molecule has 62 heavy (non-hydrogen) atoms. The average molecular weight is 901 g/mol. The Morgan fingerprint density at radius 2 is 1.03 bits per heavy atom. The molecule has 1 aliphatic rings. The molecule has 1 aliphatic heterocycles. The molecule has 0 saturated carbocycles. The van der Waals surface area contributed by atoms with Crippen LogP contribution in [-0.2, 0) is 38.7 Å². The summed E-state index contributed by atoms with van der Waals surface area (Å²) < 4.78 is 53.9. The number of aliphatic hydroxyl groups is 3. The Balaban J connectivity index is 2.43. The van der Waals surface area contributed by atoms with Crippen LogP contribution >= 0.6 is 0 Å². The van der Waals surface area contributed by atoms with Crippen LogP contribution in [0, 0.1) is 0 Å². The minimum atomic E-state index is -4.61. The van der Waals surface area contributed by atoms with Crippen molar-refractivity contribution in [2.24, 2.45) is 0 Å². The van der Waals surface area contributed by atoms with E-state index >= 15 is 0 Å². The number of esters is 2. The third-order valence-electron chi connectivity index (χ3n) is 11.3. The van der Waals surface area contributed by atoms with Gasteiger partial charge in [-0.2, -0.15) is 8.42 Å². The van der Waals surface area contributed by atoms with E-state index in [0.29, 0.717) is 6.42 Å². The Morgan fingerprint density at radius 1 is 0.581 bits per heavy atom. The van der Waals surface area contributed by atoms with Gasteiger partial charge in [0.05, 0.1) is 6.61 Å². The number of allylic oxidation sites excluding steroid dienone is 5. The zero-order valence-electron chi connectivity index (χ0n) is 38.7. The molecule has 1 fully saturated rings. The van der Waals surface area contributed by atoms with Crippen molar-refractivity contribution in [1.82, 2.24) is 0 Å². The summed E-state index contributed by atoms with van der Waals surface area (Å²) in [5.41, 5.74) is 0. The van der Waals surface area contributed by atoms with Gasteiger partial charge in [-0.05, 0) is 44.9 Å². The number of carbonyl (C=O) groups excluding carboxylic acids is 2. The Kier molecular flexibility index (Phi) is 36.6. The highest BCUT2D eigenvalue weighted by Crippen LogP contribution is 2.24. The smallest absolute Gasteiger partial charge is 0.331 e. The molecule has 1 saturated heterocycles. The molecular formula is C49H88O12S. The summed E-state index contributed by atoms with van der Waals surface area (Å²) in [5, 5.41) is 30.9. The molecule has 0 bridgehead atoms. The third kappa shape index (κ3) is 33.4. The van der Waals surface area contributed by atoms with Gasteiger partial charge in [0.15, 0.2) is 12.4 Å².